The Kier molecular flexibility index (Phi) is 7.40. The highest BCUT2D eigenvalue weighted by Gasteiger charge is 2.19. The van der Waals surface area contributed by atoms with Crippen molar-refractivity contribution in [2.24, 2.45) is 0 Å². The Labute approximate surface area is 192 Å². The predicted octanol–water partition coefficient (Wildman–Crippen LogP) is 4.33. The fourth-order valence-electron chi connectivity index (χ4n) is 3.10. The fraction of sp³-hybridized carbons (Fsp3) is 0.200. The van der Waals surface area contributed by atoms with Gasteiger partial charge in [-0.2, -0.15) is 0 Å². The smallest absolute Gasteiger partial charge is 0.272 e. The van der Waals surface area contributed by atoms with Gasteiger partial charge in [-0.05, 0) is 49.2 Å². The quantitative estimate of drug-likeness (QED) is 0.496. The lowest BCUT2D eigenvalue weighted by atomic mass is 10.1. The van der Waals surface area contributed by atoms with Crippen LogP contribution in [-0.2, 0) is 4.79 Å². The summed E-state index contributed by atoms with van der Waals surface area (Å²) in [5, 5.41) is 5.43. The van der Waals surface area contributed by atoms with Crippen molar-refractivity contribution >= 4 is 23.6 Å². The van der Waals surface area contributed by atoms with E-state index < -0.39 is 11.8 Å². The highest BCUT2D eigenvalue weighted by Crippen LogP contribution is 2.40. The highest BCUT2D eigenvalue weighted by molar-refractivity contribution is 6.10. The number of methoxy groups -OCH3 is 3. The number of aryl methyl sites for hydroxylation is 2. The molecule has 2 aromatic carbocycles. The van der Waals surface area contributed by atoms with Gasteiger partial charge in [-0.15, -0.1) is 0 Å². The number of carbonyl (C=O) groups excluding carboxylic acids is 2. The molecule has 2 amide bonds. The summed E-state index contributed by atoms with van der Waals surface area (Å²) < 4.78 is 21.3. The molecule has 0 saturated carbocycles. The van der Waals surface area contributed by atoms with E-state index in [1.807, 2.05) is 19.9 Å². The molecule has 0 saturated heterocycles. The number of benzene rings is 2. The third-order valence-electron chi connectivity index (χ3n) is 5.01. The molecule has 3 aromatic rings. The van der Waals surface area contributed by atoms with Gasteiger partial charge >= 0.3 is 0 Å². The van der Waals surface area contributed by atoms with Crippen LogP contribution < -0.4 is 24.8 Å². The van der Waals surface area contributed by atoms with Crippen LogP contribution in [0.15, 0.2) is 58.8 Å². The van der Waals surface area contributed by atoms with Crippen molar-refractivity contribution in [3.8, 4) is 17.2 Å². The SMILES string of the molecule is COc1cc(NC(=O)C(=Cc2ccco2)NC(=O)c2ccc(C)c(C)c2)cc(OC)c1OC. The molecule has 0 bridgehead atoms. The molecule has 0 aliphatic carbocycles. The molecule has 0 atom stereocenters. The van der Waals surface area contributed by atoms with Gasteiger partial charge in [-0.1, -0.05) is 6.07 Å². The number of nitrogens with one attached hydrogen (secondary N) is 2. The third-order valence-corrected chi connectivity index (χ3v) is 5.01. The Bertz CT molecular complexity index is 1160. The Morgan fingerprint density at radius 1 is 0.909 bits per heavy atom. The molecule has 0 aliphatic rings. The van der Waals surface area contributed by atoms with Crippen molar-refractivity contribution in [2.45, 2.75) is 13.8 Å². The van der Waals surface area contributed by atoms with Crippen molar-refractivity contribution in [2.75, 3.05) is 26.6 Å². The molecular formula is C25H26N2O6. The molecule has 8 nitrogen and oxygen atoms in total. The van der Waals surface area contributed by atoms with E-state index in [-0.39, 0.29) is 5.70 Å². The lowest BCUT2D eigenvalue weighted by Crippen LogP contribution is -2.30. The van der Waals surface area contributed by atoms with Crippen LogP contribution in [-0.4, -0.2) is 33.1 Å². The number of ether oxygens (including phenoxy) is 3. The van der Waals surface area contributed by atoms with E-state index in [9.17, 15) is 9.59 Å². The van der Waals surface area contributed by atoms with Gasteiger partial charge < -0.3 is 29.3 Å². The average Bonchev–Trinajstić information content (AvgIpc) is 3.32. The zero-order valence-electron chi connectivity index (χ0n) is 19.1. The van der Waals surface area contributed by atoms with Gasteiger partial charge in [0.2, 0.25) is 5.75 Å². The van der Waals surface area contributed by atoms with Gasteiger partial charge in [0.15, 0.2) is 11.5 Å². The Morgan fingerprint density at radius 3 is 2.15 bits per heavy atom. The first kappa shape index (κ1) is 23.5. The minimum atomic E-state index is -0.558. The topological polar surface area (TPSA) is 99.0 Å². The minimum absolute atomic E-state index is 0.00179. The van der Waals surface area contributed by atoms with Gasteiger partial charge in [0, 0.05) is 29.5 Å². The van der Waals surface area contributed by atoms with Crippen molar-refractivity contribution in [3.05, 3.63) is 76.9 Å². The van der Waals surface area contributed by atoms with Crippen LogP contribution in [0.25, 0.3) is 6.08 Å². The predicted molar refractivity (Wildman–Crippen MR) is 125 cm³/mol. The summed E-state index contributed by atoms with van der Waals surface area (Å²) >= 11 is 0. The molecule has 0 unspecified atom stereocenters. The zero-order valence-corrected chi connectivity index (χ0v) is 19.1. The summed E-state index contributed by atoms with van der Waals surface area (Å²) in [4.78, 5) is 26.0. The van der Waals surface area contributed by atoms with Crippen LogP contribution in [0.4, 0.5) is 5.69 Å². The largest absolute Gasteiger partial charge is 0.493 e. The molecule has 2 N–H and O–H groups in total. The molecule has 0 fully saturated rings. The number of hydrogen-bond acceptors (Lipinski definition) is 6. The molecule has 3 rings (SSSR count). The van der Waals surface area contributed by atoms with E-state index in [0.717, 1.165) is 11.1 Å². The summed E-state index contributed by atoms with van der Waals surface area (Å²) in [6, 6.07) is 11.9. The van der Waals surface area contributed by atoms with Crippen molar-refractivity contribution < 1.29 is 28.2 Å². The van der Waals surface area contributed by atoms with E-state index in [0.29, 0.717) is 34.3 Å². The summed E-state index contributed by atoms with van der Waals surface area (Å²) in [6.45, 7) is 3.88. The number of rotatable bonds is 8. The molecule has 8 heteroatoms. The van der Waals surface area contributed by atoms with Crippen molar-refractivity contribution in [1.29, 1.82) is 0 Å². The van der Waals surface area contributed by atoms with Crippen molar-refractivity contribution in [1.82, 2.24) is 5.32 Å². The van der Waals surface area contributed by atoms with Crippen LogP contribution >= 0.6 is 0 Å². The van der Waals surface area contributed by atoms with E-state index in [1.54, 1.807) is 36.4 Å². The number of anilines is 1. The van der Waals surface area contributed by atoms with Crippen LogP contribution in [0, 0.1) is 13.8 Å². The van der Waals surface area contributed by atoms with E-state index >= 15 is 0 Å². The Morgan fingerprint density at radius 2 is 1.61 bits per heavy atom. The van der Waals surface area contributed by atoms with Gasteiger partial charge in [-0.25, -0.2) is 0 Å². The highest BCUT2D eigenvalue weighted by atomic mass is 16.5. The lowest BCUT2D eigenvalue weighted by Gasteiger charge is -2.15. The normalized spacial score (nSPS) is 11.0. The lowest BCUT2D eigenvalue weighted by molar-refractivity contribution is -0.113. The Hall–Kier alpha value is -4.20. The van der Waals surface area contributed by atoms with E-state index in [4.69, 9.17) is 18.6 Å². The molecule has 0 spiro atoms. The summed E-state index contributed by atoms with van der Waals surface area (Å²) in [5.74, 6) is 0.581. The van der Waals surface area contributed by atoms with Gasteiger partial charge in [0.25, 0.3) is 11.8 Å². The number of carbonyl (C=O) groups is 2. The third kappa shape index (κ3) is 5.54. The van der Waals surface area contributed by atoms with Gasteiger partial charge in [0.1, 0.15) is 11.5 Å². The summed E-state index contributed by atoms with van der Waals surface area (Å²) in [7, 11) is 4.45. The number of hydrogen-bond donors (Lipinski definition) is 2. The average molecular weight is 450 g/mol. The maximum atomic E-state index is 13.1. The molecule has 0 radical (unpaired) electrons. The molecule has 33 heavy (non-hydrogen) atoms. The summed E-state index contributed by atoms with van der Waals surface area (Å²) in [6.07, 6.45) is 2.93. The minimum Gasteiger partial charge on any atom is -0.493 e. The van der Waals surface area contributed by atoms with Crippen molar-refractivity contribution in [3.63, 3.8) is 0 Å². The summed E-state index contributed by atoms with van der Waals surface area (Å²) in [5.41, 5.74) is 2.87. The first-order valence-electron chi connectivity index (χ1n) is 10.1. The standard InChI is InChI=1S/C25H26N2O6/c1-15-8-9-17(11-16(15)2)24(28)27-20(14-19-7-6-10-33-19)25(29)26-18-12-21(30-3)23(32-5)22(13-18)31-4/h6-14H,1-5H3,(H,26,29)(H,27,28). The van der Waals surface area contributed by atoms with Crippen LogP contribution in [0.3, 0.4) is 0 Å². The van der Waals surface area contributed by atoms with E-state index in [1.165, 1.54) is 33.7 Å². The first-order chi connectivity index (χ1) is 15.9. The van der Waals surface area contributed by atoms with Crippen LogP contribution in [0.2, 0.25) is 0 Å². The fourth-order valence-corrected chi connectivity index (χ4v) is 3.10. The number of amides is 2. The Balaban J connectivity index is 1.91. The second-order valence-corrected chi connectivity index (χ2v) is 7.19. The molecule has 0 aliphatic heterocycles. The van der Waals surface area contributed by atoms with Gasteiger partial charge in [-0.3, -0.25) is 9.59 Å². The van der Waals surface area contributed by atoms with Crippen LogP contribution in [0.5, 0.6) is 17.2 Å². The zero-order chi connectivity index (χ0) is 24.0. The number of furan rings is 1. The second-order valence-electron chi connectivity index (χ2n) is 7.19. The van der Waals surface area contributed by atoms with Crippen LogP contribution in [0.1, 0.15) is 27.2 Å². The maximum absolute atomic E-state index is 13.1. The van der Waals surface area contributed by atoms with E-state index in [2.05, 4.69) is 10.6 Å². The van der Waals surface area contributed by atoms with Gasteiger partial charge in [0.05, 0.1) is 27.6 Å². The maximum Gasteiger partial charge on any atom is 0.272 e. The molecule has 172 valence electrons. The molecular weight excluding hydrogens is 424 g/mol. The molecule has 1 aromatic heterocycles. The molecule has 1 heterocycles. The first-order valence-corrected chi connectivity index (χ1v) is 10.1. The second kappa shape index (κ2) is 10.4. The monoisotopic (exact) mass is 450 g/mol.